The maximum atomic E-state index is 12.6. The number of nitrogens with zero attached hydrogens (tertiary/aromatic N) is 2. The zero-order valence-electron chi connectivity index (χ0n) is 11.3. The Morgan fingerprint density at radius 2 is 2.00 bits per heavy atom. The molecule has 0 saturated heterocycles. The molecule has 1 aromatic carbocycles. The molecule has 4 nitrogen and oxygen atoms in total. The number of hydrogen-bond donors (Lipinski definition) is 1. The smallest absolute Gasteiger partial charge is 0.416 e. The Balaban J connectivity index is 2.04. The van der Waals surface area contributed by atoms with E-state index in [0.717, 1.165) is 12.1 Å². The fourth-order valence-corrected chi connectivity index (χ4v) is 1.71. The topological polar surface area (TPSA) is 47.0 Å². The van der Waals surface area contributed by atoms with E-state index in [4.69, 9.17) is 4.74 Å². The van der Waals surface area contributed by atoms with Crippen molar-refractivity contribution in [2.45, 2.75) is 19.6 Å². The molecule has 112 valence electrons. The zero-order chi connectivity index (χ0) is 15.3. The van der Waals surface area contributed by atoms with Gasteiger partial charge in [0.2, 0.25) is 5.88 Å². The lowest BCUT2D eigenvalue weighted by atomic mass is 10.1. The van der Waals surface area contributed by atoms with Crippen LogP contribution in [0.25, 0.3) is 0 Å². The summed E-state index contributed by atoms with van der Waals surface area (Å²) in [7, 11) is 0. The van der Waals surface area contributed by atoms with E-state index in [1.54, 1.807) is 12.1 Å². The van der Waals surface area contributed by atoms with Crippen LogP contribution >= 0.6 is 0 Å². The highest BCUT2D eigenvalue weighted by molar-refractivity contribution is 5.38. The van der Waals surface area contributed by atoms with Gasteiger partial charge >= 0.3 is 6.18 Å². The minimum Gasteiger partial charge on any atom is -0.478 e. The third-order valence-electron chi connectivity index (χ3n) is 2.66. The Kier molecular flexibility index (Phi) is 4.62. The third-order valence-corrected chi connectivity index (χ3v) is 2.66. The number of aromatic nitrogens is 2. The van der Waals surface area contributed by atoms with Gasteiger partial charge in [-0.25, -0.2) is 9.97 Å². The molecule has 0 spiro atoms. The van der Waals surface area contributed by atoms with Crippen molar-refractivity contribution in [1.82, 2.24) is 9.97 Å². The van der Waals surface area contributed by atoms with Gasteiger partial charge in [-0.3, -0.25) is 0 Å². The van der Waals surface area contributed by atoms with Gasteiger partial charge in [-0.05, 0) is 24.6 Å². The summed E-state index contributed by atoms with van der Waals surface area (Å²) in [6.07, 6.45) is -3.01. The lowest BCUT2D eigenvalue weighted by molar-refractivity contribution is -0.137. The summed E-state index contributed by atoms with van der Waals surface area (Å²) in [6, 6.07) is 6.74. The average molecular weight is 297 g/mol. The van der Waals surface area contributed by atoms with Gasteiger partial charge in [0.15, 0.2) is 0 Å². The molecule has 7 heteroatoms. The molecule has 0 atom stereocenters. The first-order valence-electron chi connectivity index (χ1n) is 6.34. The highest BCUT2D eigenvalue weighted by atomic mass is 19.4. The highest BCUT2D eigenvalue weighted by Gasteiger charge is 2.30. The van der Waals surface area contributed by atoms with Crippen LogP contribution in [-0.4, -0.2) is 16.6 Å². The van der Waals surface area contributed by atoms with Crippen molar-refractivity contribution in [3.63, 3.8) is 0 Å². The molecule has 1 aromatic heterocycles. The van der Waals surface area contributed by atoms with Crippen molar-refractivity contribution >= 4 is 5.82 Å². The first-order chi connectivity index (χ1) is 9.99. The first-order valence-corrected chi connectivity index (χ1v) is 6.34. The molecule has 1 heterocycles. The van der Waals surface area contributed by atoms with E-state index >= 15 is 0 Å². The summed E-state index contributed by atoms with van der Waals surface area (Å²) >= 11 is 0. The first kappa shape index (κ1) is 15.1. The van der Waals surface area contributed by atoms with Crippen LogP contribution in [0.1, 0.15) is 18.1 Å². The second kappa shape index (κ2) is 6.43. The molecule has 0 fully saturated rings. The second-order valence-corrected chi connectivity index (χ2v) is 4.23. The van der Waals surface area contributed by atoms with Crippen LogP contribution in [0.5, 0.6) is 5.88 Å². The summed E-state index contributed by atoms with van der Waals surface area (Å²) in [5, 5.41) is 2.94. The van der Waals surface area contributed by atoms with Crippen LogP contribution in [0.15, 0.2) is 36.7 Å². The molecule has 0 saturated carbocycles. The lowest BCUT2D eigenvalue weighted by Crippen LogP contribution is -2.07. The van der Waals surface area contributed by atoms with Gasteiger partial charge in [-0.1, -0.05) is 12.1 Å². The van der Waals surface area contributed by atoms with Crippen molar-refractivity contribution in [1.29, 1.82) is 0 Å². The van der Waals surface area contributed by atoms with Gasteiger partial charge in [-0.15, -0.1) is 0 Å². The van der Waals surface area contributed by atoms with Crippen LogP contribution in [0.2, 0.25) is 0 Å². The number of halogens is 3. The van der Waals surface area contributed by atoms with Gasteiger partial charge < -0.3 is 10.1 Å². The molecule has 0 unspecified atom stereocenters. The number of alkyl halides is 3. The lowest BCUT2D eigenvalue weighted by Gasteiger charge is -2.10. The standard InChI is InChI=1S/C14H14F3N3O/c1-2-21-13-7-12(19-9-20-13)18-8-10-4-3-5-11(6-10)14(15,16)17/h3-7,9H,2,8H2,1H3,(H,18,19,20). The molecule has 0 aliphatic carbocycles. The molecule has 0 bridgehead atoms. The molecular weight excluding hydrogens is 283 g/mol. The van der Waals surface area contributed by atoms with E-state index in [1.165, 1.54) is 12.4 Å². The fourth-order valence-electron chi connectivity index (χ4n) is 1.71. The van der Waals surface area contributed by atoms with Crippen LogP contribution < -0.4 is 10.1 Å². The summed E-state index contributed by atoms with van der Waals surface area (Å²) < 4.78 is 43.1. The quantitative estimate of drug-likeness (QED) is 0.917. The van der Waals surface area contributed by atoms with E-state index in [0.29, 0.717) is 23.9 Å². The third kappa shape index (κ3) is 4.34. The Morgan fingerprint density at radius 3 is 2.71 bits per heavy atom. The van der Waals surface area contributed by atoms with Crippen LogP contribution in [0.3, 0.4) is 0 Å². The normalized spacial score (nSPS) is 11.2. The Morgan fingerprint density at radius 1 is 1.19 bits per heavy atom. The number of benzene rings is 1. The summed E-state index contributed by atoms with van der Waals surface area (Å²) in [6.45, 7) is 2.54. The number of ether oxygens (including phenoxy) is 1. The van der Waals surface area contributed by atoms with Gasteiger partial charge in [0.05, 0.1) is 12.2 Å². The van der Waals surface area contributed by atoms with Crippen molar-refractivity contribution < 1.29 is 17.9 Å². The van der Waals surface area contributed by atoms with E-state index in [1.807, 2.05) is 6.92 Å². The molecule has 0 aliphatic heterocycles. The number of hydrogen-bond acceptors (Lipinski definition) is 4. The molecule has 0 amide bonds. The maximum Gasteiger partial charge on any atom is 0.416 e. The van der Waals surface area contributed by atoms with E-state index in [-0.39, 0.29) is 6.54 Å². The Labute approximate surface area is 120 Å². The molecule has 2 rings (SSSR count). The van der Waals surface area contributed by atoms with Gasteiger partial charge in [-0.2, -0.15) is 13.2 Å². The van der Waals surface area contributed by atoms with Crippen LogP contribution in [0.4, 0.5) is 19.0 Å². The SMILES string of the molecule is CCOc1cc(NCc2cccc(C(F)(F)F)c2)ncn1. The van der Waals surface area contributed by atoms with E-state index in [9.17, 15) is 13.2 Å². The van der Waals surface area contributed by atoms with Gasteiger partial charge in [0, 0.05) is 12.6 Å². The molecule has 0 aliphatic rings. The monoisotopic (exact) mass is 297 g/mol. The maximum absolute atomic E-state index is 12.6. The predicted octanol–water partition coefficient (Wildman–Crippen LogP) is 3.51. The van der Waals surface area contributed by atoms with Crippen molar-refractivity contribution in [3.8, 4) is 5.88 Å². The molecule has 0 radical (unpaired) electrons. The highest BCUT2D eigenvalue weighted by Crippen LogP contribution is 2.29. The van der Waals surface area contributed by atoms with Crippen molar-refractivity contribution in [2.75, 3.05) is 11.9 Å². The molecule has 21 heavy (non-hydrogen) atoms. The van der Waals surface area contributed by atoms with Crippen molar-refractivity contribution in [3.05, 3.63) is 47.8 Å². The molecule has 2 aromatic rings. The van der Waals surface area contributed by atoms with E-state index in [2.05, 4.69) is 15.3 Å². The minimum absolute atomic E-state index is 0.229. The predicted molar refractivity (Wildman–Crippen MR) is 72.0 cm³/mol. The van der Waals surface area contributed by atoms with Crippen LogP contribution in [-0.2, 0) is 12.7 Å². The molecule has 1 N–H and O–H groups in total. The number of rotatable bonds is 5. The van der Waals surface area contributed by atoms with Crippen LogP contribution in [0, 0.1) is 0 Å². The zero-order valence-corrected chi connectivity index (χ0v) is 11.3. The van der Waals surface area contributed by atoms with Gasteiger partial charge in [0.25, 0.3) is 0 Å². The Hall–Kier alpha value is -2.31. The average Bonchev–Trinajstić information content (AvgIpc) is 2.45. The Bertz CT molecular complexity index is 602. The minimum atomic E-state index is -4.34. The summed E-state index contributed by atoms with van der Waals surface area (Å²) in [4.78, 5) is 7.89. The number of anilines is 1. The largest absolute Gasteiger partial charge is 0.478 e. The summed E-state index contributed by atoms with van der Waals surface area (Å²) in [5.41, 5.74) is -0.152. The van der Waals surface area contributed by atoms with E-state index < -0.39 is 11.7 Å². The van der Waals surface area contributed by atoms with Gasteiger partial charge in [0.1, 0.15) is 12.1 Å². The second-order valence-electron chi connectivity index (χ2n) is 4.23. The van der Waals surface area contributed by atoms with Crippen molar-refractivity contribution in [2.24, 2.45) is 0 Å². The number of nitrogens with one attached hydrogen (secondary N) is 1. The fraction of sp³-hybridized carbons (Fsp3) is 0.286. The molecular formula is C14H14F3N3O. The summed E-state index contributed by atoms with van der Waals surface area (Å²) in [5.74, 6) is 0.907.